The van der Waals surface area contributed by atoms with E-state index in [2.05, 4.69) is 24.1 Å². The lowest BCUT2D eigenvalue weighted by molar-refractivity contribution is -0.120. The number of hydrogen-bond acceptors (Lipinski definition) is 4. The number of rotatable bonds is 5. The molecule has 27 heavy (non-hydrogen) atoms. The van der Waals surface area contributed by atoms with E-state index in [1.165, 1.54) is 4.31 Å². The van der Waals surface area contributed by atoms with Crippen molar-refractivity contribution in [2.24, 2.45) is 5.92 Å². The lowest BCUT2D eigenvalue weighted by Crippen LogP contribution is -2.41. The van der Waals surface area contributed by atoms with Crippen LogP contribution < -0.4 is 5.32 Å². The SMILES string of the molecule is CC(C)c1ccc(S(=O)(=O)N2CCC(C(=O)Nc3ccncc3)CC2)cc1. The predicted molar refractivity (Wildman–Crippen MR) is 105 cm³/mol. The lowest BCUT2D eigenvalue weighted by atomic mass is 9.97. The number of nitrogens with zero attached hydrogens (tertiary/aromatic N) is 2. The molecule has 0 unspecified atom stereocenters. The normalized spacial score (nSPS) is 16.4. The Balaban J connectivity index is 1.61. The van der Waals surface area contributed by atoms with Crippen molar-refractivity contribution in [2.45, 2.75) is 37.5 Å². The molecule has 0 aliphatic carbocycles. The third-order valence-electron chi connectivity index (χ3n) is 4.96. The van der Waals surface area contributed by atoms with Gasteiger partial charge in [-0.25, -0.2) is 8.42 Å². The first-order chi connectivity index (χ1) is 12.9. The van der Waals surface area contributed by atoms with E-state index in [1.807, 2.05) is 12.1 Å². The zero-order valence-corrected chi connectivity index (χ0v) is 16.4. The van der Waals surface area contributed by atoms with E-state index in [4.69, 9.17) is 0 Å². The van der Waals surface area contributed by atoms with Crippen molar-refractivity contribution in [1.82, 2.24) is 9.29 Å². The molecule has 7 heteroatoms. The van der Waals surface area contributed by atoms with E-state index < -0.39 is 10.0 Å². The van der Waals surface area contributed by atoms with Crippen molar-refractivity contribution in [3.05, 3.63) is 54.4 Å². The highest BCUT2D eigenvalue weighted by Crippen LogP contribution is 2.26. The van der Waals surface area contributed by atoms with Crippen molar-refractivity contribution >= 4 is 21.6 Å². The summed E-state index contributed by atoms with van der Waals surface area (Å²) in [6.45, 7) is 4.85. The highest BCUT2D eigenvalue weighted by molar-refractivity contribution is 7.89. The van der Waals surface area contributed by atoms with Gasteiger partial charge in [0.2, 0.25) is 15.9 Å². The van der Waals surface area contributed by atoms with Gasteiger partial charge in [0, 0.05) is 37.1 Å². The fourth-order valence-corrected chi connectivity index (χ4v) is 4.68. The molecule has 1 N–H and O–H groups in total. The van der Waals surface area contributed by atoms with E-state index >= 15 is 0 Å². The van der Waals surface area contributed by atoms with Crippen LogP contribution in [0.3, 0.4) is 0 Å². The molecule has 1 amide bonds. The molecule has 1 aromatic carbocycles. The minimum absolute atomic E-state index is 0.0699. The van der Waals surface area contributed by atoms with Crippen molar-refractivity contribution in [3.63, 3.8) is 0 Å². The maximum atomic E-state index is 12.9. The molecular formula is C20H25N3O3S. The molecule has 144 valence electrons. The Morgan fingerprint density at radius 2 is 1.67 bits per heavy atom. The summed E-state index contributed by atoms with van der Waals surface area (Å²) in [5.74, 6) is 0.101. The van der Waals surface area contributed by atoms with Gasteiger partial charge in [-0.1, -0.05) is 26.0 Å². The first kappa shape index (κ1) is 19.5. The first-order valence-electron chi connectivity index (χ1n) is 9.19. The van der Waals surface area contributed by atoms with Crippen LogP contribution in [0.1, 0.15) is 38.2 Å². The van der Waals surface area contributed by atoms with E-state index in [0.29, 0.717) is 42.4 Å². The van der Waals surface area contributed by atoms with E-state index in [1.54, 1.807) is 36.7 Å². The highest BCUT2D eigenvalue weighted by Gasteiger charge is 2.32. The summed E-state index contributed by atoms with van der Waals surface area (Å²) in [5.41, 5.74) is 1.82. The first-order valence-corrected chi connectivity index (χ1v) is 10.6. The third-order valence-corrected chi connectivity index (χ3v) is 6.87. The molecule has 0 radical (unpaired) electrons. The van der Waals surface area contributed by atoms with Crippen molar-refractivity contribution in [1.29, 1.82) is 0 Å². The lowest BCUT2D eigenvalue weighted by Gasteiger charge is -2.30. The second-order valence-corrected chi connectivity index (χ2v) is 9.07. The number of sulfonamides is 1. The molecule has 2 aromatic rings. The molecule has 0 bridgehead atoms. The maximum Gasteiger partial charge on any atom is 0.243 e. The molecule has 2 heterocycles. The van der Waals surface area contributed by atoms with Crippen LogP contribution in [0.5, 0.6) is 0 Å². The highest BCUT2D eigenvalue weighted by atomic mass is 32.2. The zero-order chi connectivity index (χ0) is 19.4. The minimum Gasteiger partial charge on any atom is -0.326 e. The number of piperidine rings is 1. The number of anilines is 1. The van der Waals surface area contributed by atoms with Crippen LogP contribution >= 0.6 is 0 Å². The average molecular weight is 388 g/mol. The smallest absolute Gasteiger partial charge is 0.243 e. The molecule has 0 saturated carbocycles. The summed E-state index contributed by atoms with van der Waals surface area (Å²) >= 11 is 0. The van der Waals surface area contributed by atoms with Gasteiger partial charge in [-0.3, -0.25) is 9.78 Å². The van der Waals surface area contributed by atoms with Gasteiger partial charge in [0.15, 0.2) is 0 Å². The quantitative estimate of drug-likeness (QED) is 0.854. The third kappa shape index (κ3) is 4.54. The van der Waals surface area contributed by atoms with E-state index in [0.717, 1.165) is 5.56 Å². The van der Waals surface area contributed by atoms with Crippen LogP contribution in [0.2, 0.25) is 0 Å². The van der Waals surface area contributed by atoms with Crippen molar-refractivity contribution < 1.29 is 13.2 Å². The number of benzene rings is 1. The average Bonchev–Trinajstić information content (AvgIpc) is 2.69. The Morgan fingerprint density at radius 1 is 1.07 bits per heavy atom. The summed E-state index contributed by atoms with van der Waals surface area (Å²) in [6, 6.07) is 10.6. The fraction of sp³-hybridized carbons (Fsp3) is 0.400. The number of carbonyl (C=O) groups excluding carboxylic acids is 1. The second kappa shape index (κ2) is 8.19. The number of carbonyl (C=O) groups is 1. The summed E-state index contributed by atoms with van der Waals surface area (Å²) in [4.78, 5) is 16.6. The Morgan fingerprint density at radius 3 is 2.22 bits per heavy atom. The molecule has 1 fully saturated rings. The molecule has 1 aromatic heterocycles. The minimum atomic E-state index is -3.52. The number of nitrogens with one attached hydrogen (secondary N) is 1. The Labute approximate surface area is 160 Å². The van der Waals surface area contributed by atoms with Crippen LogP contribution in [0.4, 0.5) is 5.69 Å². The largest absolute Gasteiger partial charge is 0.326 e. The second-order valence-electron chi connectivity index (χ2n) is 7.13. The topological polar surface area (TPSA) is 79.4 Å². The Bertz CT molecular complexity index is 872. The van der Waals surface area contributed by atoms with Gasteiger partial charge in [-0.15, -0.1) is 0 Å². The van der Waals surface area contributed by atoms with Crippen LogP contribution in [0.15, 0.2) is 53.7 Å². The van der Waals surface area contributed by atoms with E-state index in [-0.39, 0.29) is 11.8 Å². The van der Waals surface area contributed by atoms with Gasteiger partial charge >= 0.3 is 0 Å². The molecule has 0 atom stereocenters. The van der Waals surface area contributed by atoms with Gasteiger partial charge in [-0.2, -0.15) is 4.31 Å². The molecule has 0 spiro atoms. The maximum absolute atomic E-state index is 12.9. The Kier molecular flexibility index (Phi) is 5.92. The summed E-state index contributed by atoms with van der Waals surface area (Å²) in [5, 5.41) is 2.87. The van der Waals surface area contributed by atoms with Crippen LogP contribution in [-0.4, -0.2) is 36.7 Å². The van der Waals surface area contributed by atoms with E-state index in [9.17, 15) is 13.2 Å². The van der Waals surface area contributed by atoms with Crippen molar-refractivity contribution in [3.8, 4) is 0 Å². The zero-order valence-electron chi connectivity index (χ0n) is 15.6. The van der Waals surface area contributed by atoms with Crippen LogP contribution in [-0.2, 0) is 14.8 Å². The van der Waals surface area contributed by atoms with Gasteiger partial charge in [0.25, 0.3) is 0 Å². The fourth-order valence-electron chi connectivity index (χ4n) is 3.21. The molecule has 3 rings (SSSR count). The molecular weight excluding hydrogens is 362 g/mol. The summed E-state index contributed by atoms with van der Waals surface area (Å²) < 4.78 is 27.2. The summed E-state index contributed by atoms with van der Waals surface area (Å²) in [7, 11) is -3.52. The summed E-state index contributed by atoms with van der Waals surface area (Å²) in [6.07, 6.45) is 4.27. The van der Waals surface area contributed by atoms with Crippen molar-refractivity contribution in [2.75, 3.05) is 18.4 Å². The Hall–Kier alpha value is -2.25. The number of hydrogen-bond donors (Lipinski definition) is 1. The number of amides is 1. The monoisotopic (exact) mass is 387 g/mol. The number of aromatic nitrogens is 1. The standard InChI is InChI=1S/C20H25N3O3S/c1-15(2)16-3-5-19(6-4-16)27(25,26)23-13-9-17(10-14-23)20(24)22-18-7-11-21-12-8-18/h3-8,11-12,15,17H,9-10,13-14H2,1-2H3,(H,21,22,24). The van der Waals surface area contributed by atoms with Gasteiger partial charge in [0.1, 0.15) is 0 Å². The molecule has 6 nitrogen and oxygen atoms in total. The van der Waals surface area contributed by atoms with Gasteiger partial charge in [0.05, 0.1) is 4.90 Å². The van der Waals surface area contributed by atoms with Gasteiger partial charge in [-0.05, 0) is 48.6 Å². The predicted octanol–water partition coefficient (Wildman–Crippen LogP) is 3.24. The molecule has 1 aliphatic heterocycles. The van der Waals surface area contributed by atoms with Gasteiger partial charge < -0.3 is 5.32 Å². The molecule has 1 saturated heterocycles. The number of pyridine rings is 1. The van der Waals surface area contributed by atoms with Crippen LogP contribution in [0.25, 0.3) is 0 Å². The van der Waals surface area contributed by atoms with Crippen LogP contribution in [0, 0.1) is 5.92 Å². The molecule has 1 aliphatic rings.